The molecule has 18 heavy (non-hydrogen) atoms. The van der Waals surface area contributed by atoms with E-state index in [1.54, 1.807) is 12.1 Å². The van der Waals surface area contributed by atoms with E-state index in [0.717, 1.165) is 17.3 Å². The third kappa shape index (κ3) is 4.62. The zero-order chi connectivity index (χ0) is 13.8. The van der Waals surface area contributed by atoms with Crippen molar-refractivity contribution in [3.63, 3.8) is 0 Å². The highest BCUT2D eigenvalue weighted by Gasteiger charge is 2.19. The van der Waals surface area contributed by atoms with Gasteiger partial charge in [-0.1, -0.05) is 47.4 Å². The van der Waals surface area contributed by atoms with Crippen molar-refractivity contribution in [1.82, 2.24) is 5.32 Å². The first kappa shape index (κ1) is 15.5. The molecule has 2 nitrogen and oxygen atoms in total. The number of halogens is 2. The Hall–Kier alpha value is -0.540. The monoisotopic (exact) mass is 331 g/mol. The first-order chi connectivity index (χ1) is 8.35. The molecule has 0 atom stereocenters. The largest absolute Gasteiger partial charge is 0.351 e. The Bertz CT molecular complexity index is 432. The Morgan fingerprint density at radius 1 is 1.44 bits per heavy atom. The van der Waals surface area contributed by atoms with Crippen LogP contribution in [0.1, 0.15) is 36.2 Å². The van der Waals surface area contributed by atoms with E-state index in [-0.39, 0.29) is 11.3 Å². The minimum atomic E-state index is -0.109. The molecule has 4 heteroatoms. The summed E-state index contributed by atoms with van der Waals surface area (Å²) in [6.45, 7) is 6.85. The molecule has 1 amide bonds. The van der Waals surface area contributed by atoms with Gasteiger partial charge in [-0.15, -0.1) is 0 Å². The molecule has 1 aromatic rings. The van der Waals surface area contributed by atoms with Crippen LogP contribution in [-0.2, 0) is 0 Å². The standard InChI is InChI=1S/C14H19BrClNO/c1-10-4-5-11(12(16)8-10)13(18)17-9-14(2,3)6-7-15/h4-5,8H,6-7,9H2,1-3H3,(H,17,18). The average Bonchev–Trinajstić information content (AvgIpc) is 2.26. The topological polar surface area (TPSA) is 29.1 Å². The first-order valence-corrected chi connectivity index (χ1v) is 7.46. The molecule has 0 spiro atoms. The van der Waals surface area contributed by atoms with Crippen LogP contribution in [0.4, 0.5) is 0 Å². The lowest BCUT2D eigenvalue weighted by atomic mass is 9.90. The van der Waals surface area contributed by atoms with Gasteiger partial charge in [0.1, 0.15) is 0 Å². The maximum Gasteiger partial charge on any atom is 0.252 e. The summed E-state index contributed by atoms with van der Waals surface area (Å²) in [4.78, 5) is 12.0. The molecule has 0 unspecified atom stereocenters. The van der Waals surface area contributed by atoms with Crippen LogP contribution in [0.15, 0.2) is 18.2 Å². The Kier molecular flexibility index (Phi) is 5.67. The van der Waals surface area contributed by atoms with Gasteiger partial charge in [0.2, 0.25) is 0 Å². The number of rotatable bonds is 5. The fourth-order valence-corrected chi connectivity index (χ4v) is 2.96. The summed E-state index contributed by atoms with van der Waals surface area (Å²) in [6, 6.07) is 5.47. The molecule has 0 saturated heterocycles. The molecular weight excluding hydrogens is 314 g/mol. The molecule has 1 N–H and O–H groups in total. The number of nitrogens with one attached hydrogen (secondary N) is 1. The van der Waals surface area contributed by atoms with Crippen LogP contribution in [0, 0.1) is 12.3 Å². The number of carbonyl (C=O) groups is 1. The Labute approximate surface area is 122 Å². The van der Waals surface area contributed by atoms with E-state index in [4.69, 9.17) is 11.6 Å². The second-order valence-electron chi connectivity index (χ2n) is 5.27. The third-order valence-electron chi connectivity index (χ3n) is 2.87. The van der Waals surface area contributed by atoms with Crippen LogP contribution >= 0.6 is 27.5 Å². The smallest absolute Gasteiger partial charge is 0.252 e. The van der Waals surface area contributed by atoms with E-state index in [0.29, 0.717) is 17.1 Å². The van der Waals surface area contributed by atoms with Gasteiger partial charge in [-0.25, -0.2) is 0 Å². The summed E-state index contributed by atoms with van der Waals surface area (Å²) >= 11 is 9.49. The molecule has 0 heterocycles. The maximum absolute atomic E-state index is 12.0. The predicted molar refractivity (Wildman–Crippen MR) is 80.7 cm³/mol. The van der Waals surface area contributed by atoms with Crippen molar-refractivity contribution in [2.24, 2.45) is 5.41 Å². The highest BCUT2D eigenvalue weighted by Crippen LogP contribution is 2.21. The fourth-order valence-electron chi connectivity index (χ4n) is 1.56. The molecule has 0 aliphatic rings. The van der Waals surface area contributed by atoms with Crippen LogP contribution in [0.5, 0.6) is 0 Å². The summed E-state index contributed by atoms with van der Waals surface area (Å²) in [6.07, 6.45) is 1.01. The molecule has 0 aliphatic heterocycles. The summed E-state index contributed by atoms with van der Waals surface area (Å²) < 4.78 is 0. The van der Waals surface area contributed by atoms with Gasteiger partial charge in [-0.2, -0.15) is 0 Å². The molecule has 100 valence electrons. The van der Waals surface area contributed by atoms with Crippen molar-refractivity contribution in [2.45, 2.75) is 27.2 Å². The maximum atomic E-state index is 12.0. The van der Waals surface area contributed by atoms with Crippen molar-refractivity contribution in [3.8, 4) is 0 Å². The number of aryl methyl sites for hydroxylation is 1. The number of carbonyl (C=O) groups excluding carboxylic acids is 1. The number of alkyl halides is 1. The molecule has 0 aromatic heterocycles. The SMILES string of the molecule is Cc1ccc(C(=O)NCC(C)(C)CCBr)c(Cl)c1. The van der Waals surface area contributed by atoms with Crippen molar-refractivity contribution in [1.29, 1.82) is 0 Å². The minimum Gasteiger partial charge on any atom is -0.351 e. The number of hydrogen-bond acceptors (Lipinski definition) is 1. The van der Waals surface area contributed by atoms with Crippen molar-refractivity contribution < 1.29 is 4.79 Å². The summed E-state index contributed by atoms with van der Waals surface area (Å²) in [7, 11) is 0. The minimum absolute atomic E-state index is 0.0797. The van der Waals surface area contributed by atoms with Gasteiger partial charge < -0.3 is 5.32 Å². The molecule has 0 fully saturated rings. The van der Waals surface area contributed by atoms with Crippen LogP contribution in [0.2, 0.25) is 5.02 Å². The predicted octanol–water partition coefficient (Wildman–Crippen LogP) is 4.19. The van der Waals surface area contributed by atoms with Crippen LogP contribution < -0.4 is 5.32 Å². The molecule has 0 saturated carbocycles. The Morgan fingerprint density at radius 2 is 2.11 bits per heavy atom. The van der Waals surface area contributed by atoms with Crippen LogP contribution in [-0.4, -0.2) is 17.8 Å². The quantitative estimate of drug-likeness (QED) is 0.805. The normalized spacial score (nSPS) is 11.4. The van der Waals surface area contributed by atoms with Gasteiger partial charge in [0.15, 0.2) is 0 Å². The molecule has 0 radical (unpaired) electrons. The van der Waals surface area contributed by atoms with E-state index in [2.05, 4.69) is 35.1 Å². The lowest BCUT2D eigenvalue weighted by Gasteiger charge is -2.24. The van der Waals surface area contributed by atoms with Crippen molar-refractivity contribution in [2.75, 3.05) is 11.9 Å². The van der Waals surface area contributed by atoms with E-state index < -0.39 is 0 Å². The molecule has 0 bridgehead atoms. The summed E-state index contributed by atoms with van der Waals surface area (Å²) in [5.41, 5.74) is 1.67. The molecule has 1 rings (SSSR count). The van der Waals surface area contributed by atoms with Gasteiger partial charge in [-0.3, -0.25) is 4.79 Å². The van der Waals surface area contributed by atoms with E-state index in [9.17, 15) is 4.79 Å². The van der Waals surface area contributed by atoms with Gasteiger partial charge in [-0.05, 0) is 36.5 Å². The lowest BCUT2D eigenvalue weighted by Crippen LogP contribution is -2.34. The lowest BCUT2D eigenvalue weighted by molar-refractivity contribution is 0.0936. The number of benzene rings is 1. The summed E-state index contributed by atoms with van der Waals surface area (Å²) in [5, 5.41) is 4.38. The van der Waals surface area contributed by atoms with Gasteiger partial charge >= 0.3 is 0 Å². The molecule has 1 aromatic carbocycles. The third-order valence-corrected chi connectivity index (χ3v) is 3.58. The first-order valence-electron chi connectivity index (χ1n) is 5.96. The van der Waals surface area contributed by atoms with Crippen molar-refractivity contribution in [3.05, 3.63) is 34.3 Å². The molecular formula is C14H19BrClNO. The zero-order valence-corrected chi connectivity index (χ0v) is 13.4. The Morgan fingerprint density at radius 3 is 2.67 bits per heavy atom. The highest BCUT2D eigenvalue weighted by molar-refractivity contribution is 9.09. The summed E-state index contributed by atoms with van der Waals surface area (Å²) in [5.74, 6) is -0.109. The average molecular weight is 333 g/mol. The van der Waals surface area contributed by atoms with E-state index in [1.807, 2.05) is 13.0 Å². The fraction of sp³-hybridized carbons (Fsp3) is 0.500. The van der Waals surface area contributed by atoms with Gasteiger partial charge in [0.25, 0.3) is 5.91 Å². The number of amides is 1. The van der Waals surface area contributed by atoms with E-state index >= 15 is 0 Å². The molecule has 0 aliphatic carbocycles. The second kappa shape index (κ2) is 6.58. The highest BCUT2D eigenvalue weighted by atomic mass is 79.9. The van der Waals surface area contributed by atoms with Crippen molar-refractivity contribution >= 4 is 33.4 Å². The van der Waals surface area contributed by atoms with Crippen LogP contribution in [0.3, 0.4) is 0 Å². The zero-order valence-electron chi connectivity index (χ0n) is 11.0. The number of hydrogen-bond donors (Lipinski definition) is 1. The van der Waals surface area contributed by atoms with Gasteiger partial charge in [0, 0.05) is 11.9 Å². The second-order valence-corrected chi connectivity index (χ2v) is 6.47. The van der Waals surface area contributed by atoms with E-state index in [1.165, 1.54) is 0 Å². The Balaban J connectivity index is 2.66. The van der Waals surface area contributed by atoms with Gasteiger partial charge in [0.05, 0.1) is 10.6 Å². The van der Waals surface area contributed by atoms with Crippen LogP contribution in [0.25, 0.3) is 0 Å².